The maximum absolute atomic E-state index is 12.8. The molecule has 0 radical (unpaired) electrons. The highest BCUT2D eigenvalue weighted by atomic mass is 19.1. The zero-order valence-corrected chi connectivity index (χ0v) is 11.9. The minimum Gasteiger partial charge on any atom is -0.353 e. The van der Waals surface area contributed by atoms with Crippen LogP contribution < -0.4 is 11.1 Å². The third kappa shape index (κ3) is 6.91. The van der Waals surface area contributed by atoms with Gasteiger partial charge in [-0.25, -0.2) is 4.39 Å². The first-order chi connectivity index (χ1) is 8.76. The number of nitrogens with one attached hydrogen (secondary N) is 1. The van der Waals surface area contributed by atoms with Crippen molar-refractivity contribution in [3.63, 3.8) is 0 Å². The Morgan fingerprint density at radius 1 is 1.37 bits per heavy atom. The van der Waals surface area contributed by atoms with Crippen LogP contribution in [0.3, 0.4) is 0 Å². The SMILES string of the molecule is CC(Cc1ccc(F)cc1)NC(=O)CCC(C)(C)N. The van der Waals surface area contributed by atoms with Gasteiger partial charge >= 0.3 is 0 Å². The predicted octanol–water partition coefficient (Wildman–Crippen LogP) is 2.39. The van der Waals surface area contributed by atoms with Gasteiger partial charge in [0.25, 0.3) is 0 Å². The Kier molecular flexibility index (Phi) is 5.48. The highest BCUT2D eigenvalue weighted by molar-refractivity contribution is 5.76. The van der Waals surface area contributed by atoms with E-state index in [1.807, 2.05) is 20.8 Å². The Labute approximate surface area is 114 Å². The van der Waals surface area contributed by atoms with Crippen molar-refractivity contribution in [3.05, 3.63) is 35.6 Å². The van der Waals surface area contributed by atoms with Crippen LogP contribution >= 0.6 is 0 Å². The summed E-state index contributed by atoms with van der Waals surface area (Å²) in [6, 6.07) is 6.36. The molecule has 0 saturated carbocycles. The quantitative estimate of drug-likeness (QED) is 0.830. The van der Waals surface area contributed by atoms with Gasteiger partial charge in [-0.15, -0.1) is 0 Å². The van der Waals surface area contributed by atoms with Gasteiger partial charge in [-0.1, -0.05) is 12.1 Å². The summed E-state index contributed by atoms with van der Waals surface area (Å²) in [5.74, 6) is -0.237. The van der Waals surface area contributed by atoms with Crippen LogP contribution in [0.1, 0.15) is 39.2 Å². The molecule has 106 valence electrons. The van der Waals surface area contributed by atoms with Gasteiger partial charge in [-0.05, 0) is 51.3 Å². The van der Waals surface area contributed by atoms with Crippen LogP contribution in [-0.2, 0) is 11.2 Å². The van der Waals surface area contributed by atoms with E-state index in [4.69, 9.17) is 5.73 Å². The second-order valence-electron chi connectivity index (χ2n) is 5.79. The average molecular weight is 266 g/mol. The maximum atomic E-state index is 12.8. The summed E-state index contributed by atoms with van der Waals surface area (Å²) in [5.41, 5.74) is 6.52. The first-order valence-electron chi connectivity index (χ1n) is 6.59. The van der Waals surface area contributed by atoms with Crippen LogP contribution in [0, 0.1) is 5.82 Å². The number of carbonyl (C=O) groups is 1. The average Bonchev–Trinajstić information content (AvgIpc) is 2.29. The molecule has 3 nitrogen and oxygen atoms in total. The fraction of sp³-hybridized carbons (Fsp3) is 0.533. The minimum atomic E-state index is -0.322. The Morgan fingerprint density at radius 2 is 1.95 bits per heavy atom. The molecule has 0 aliphatic carbocycles. The summed E-state index contributed by atoms with van der Waals surface area (Å²) < 4.78 is 12.8. The molecule has 1 aromatic carbocycles. The molecule has 0 aliphatic rings. The molecule has 0 bridgehead atoms. The van der Waals surface area contributed by atoms with Gasteiger partial charge in [-0.3, -0.25) is 4.79 Å². The number of hydrogen-bond acceptors (Lipinski definition) is 2. The molecule has 1 atom stereocenters. The number of halogens is 1. The molecular weight excluding hydrogens is 243 g/mol. The Morgan fingerprint density at radius 3 is 2.47 bits per heavy atom. The molecule has 0 fully saturated rings. The third-order valence-electron chi connectivity index (χ3n) is 2.86. The minimum absolute atomic E-state index is 0.00753. The molecule has 0 aliphatic heterocycles. The summed E-state index contributed by atoms with van der Waals surface area (Å²) in [6.45, 7) is 5.75. The van der Waals surface area contributed by atoms with Crippen LogP contribution in [0.4, 0.5) is 4.39 Å². The van der Waals surface area contributed by atoms with E-state index in [-0.39, 0.29) is 23.3 Å². The van der Waals surface area contributed by atoms with Crippen molar-refractivity contribution in [3.8, 4) is 0 Å². The lowest BCUT2D eigenvalue weighted by molar-refractivity contribution is -0.122. The van der Waals surface area contributed by atoms with Gasteiger partial charge in [0.05, 0.1) is 0 Å². The van der Waals surface area contributed by atoms with Crippen LogP contribution in [-0.4, -0.2) is 17.5 Å². The van der Waals surface area contributed by atoms with E-state index in [1.165, 1.54) is 12.1 Å². The van der Waals surface area contributed by atoms with Crippen molar-refractivity contribution < 1.29 is 9.18 Å². The lowest BCUT2D eigenvalue weighted by Gasteiger charge is -2.19. The molecule has 3 N–H and O–H groups in total. The van der Waals surface area contributed by atoms with Crippen molar-refractivity contribution in [2.75, 3.05) is 0 Å². The lowest BCUT2D eigenvalue weighted by atomic mass is 9.99. The van der Waals surface area contributed by atoms with Gasteiger partial charge in [0.1, 0.15) is 5.82 Å². The van der Waals surface area contributed by atoms with E-state index < -0.39 is 0 Å². The summed E-state index contributed by atoms with van der Waals surface area (Å²) >= 11 is 0. The van der Waals surface area contributed by atoms with Gasteiger partial charge in [0.2, 0.25) is 5.91 Å². The zero-order chi connectivity index (χ0) is 14.5. The first kappa shape index (κ1) is 15.6. The van der Waals surface area contributed by atoms with Crippen LogP contribution in [0.5, 0.6) is 0 Å². The molecular formula is C15H23FN2O. The molecule has 0 spiro atoms. The highest BCUT2D eigenvalue weighted by Crippen LogP contribution is 2.08. The van der Waals surface area contributed by atoms with Gasteiger partial charge < -0.3 is 11.1 Å². The highest BCUT2D eigenvalue weighted by Gasteiger charge is 2.14. The van der Waals surface area contributed by atoms with Crippen molar-refractivity contribution in [2.45, 2.75) is 51.6 Å². The van der Waals surface area contributed by atoms with Crippen LogP contribution in [0.2, 0.25) is 0 Å². The van der Waals surface area contributed by atoms with Crippen LogP contribution in [0.15, 0.2) is 24.3 Å². The molecule has 4 heteroatoms. The Balaban J connectivity index is 2.36. The van der Waals surface area contributed by atoms with E-state index in [1.54, 1.807) is 12.1 Å². The molecule has 1 amide bonds. The molecule has 19 heavy (non-hydrogen) atoms. The van der Waals surface area contributed by atoms with Crippen molar-refractivity contribution in [1.29, 1.82) is 0 Å². The van der Waals surface area contributed by atoms with Gasteiger partial charge in [0, 0.05) is 18.0 Å². The number of amides is 1. The number of benzene rings is 1. The van der Waals surface area contributed by atoms with E-state index in [2.05, 4.69) is 5.32 Å². The number of nitrogens with two attached hydrogens (primary N) is 1. The summed E-state index contributed by atoms with van der Waals surface area (Å²) in [4.78, 5) is 11.7. The third-order valence-corrected chi connectivity index (χ3v) is 2.86. The molecule has 0 heterocycles. The Hall–Kier alpha value is -1.42. The molecule has 0 aromatic heterocycles. The zero-order valence-electron chi connectivity index (χ0n) is 11.9. The normalized spacial score (nSPS) is 13.1. The van der Waals surface area contributed by atoms with E-state index in [0.29, 0.717) is 19.3 Å². The number of hydrogen-bond donors (Lipinski definition) is 2. The van der Waals surface area contributed by atoms with E-state index >= 15 is 0 Å². The molecule has 1 aromatic rings. The molecule has 1 rings (SSSR count). The van der Waals surface area contributed by atoms with E-state index in [0.717, 1.165) is 5.56 Å². The topological polar surface area (TPSA) is 55.1 Å². The first-order valence-corrected chi connectivity index (χ1v) is 6.59. The lowest BCUT2D eigenvalue weighted by Crippen LogP contribution is -2.37. The van der Waals surface area contributed by atoms with Crippen molar-refractivity contribution >= 4 is 5.91 Å². The van der Waals surface area contributed by atoms with E-state index in [9.17, 15) is 9.18 Å². The second-order valence-corrected chi connectivity index (χ2v) is 5.79. The Bertz CT molecular complexity index is 409. The van der Waals surface area contributed by atoms with Gasteiger partial charge in [-0.2, -0.15) is 0 Å². The second kappa shape index (κ2) is 6.66. The maximum Gasteiger partial charge on any atom is 0.220 e. The summed E-state index contributed by atoms with van der Waals surface area (Å²) in [7, 11) is 0. The predicted molar refractivity (Wildman–Crippen MR) is 75.2 cm³/mol. The van der Waals surface area contributed by atoms with Crippen molar-refractivity contribution in [2.24, 2.45) is 5.73 Å². The standard InChI is InChI=1S/C15H23FN2O/c1-11(10-12-4-6-13(16)7-5-12)18-14(19)8-9-15(2,3)17/h4-7,11H,8-10,17H2,1-3H3,(H,18,19). The fourth-order valence-corrected chi connectivity index (χ4v) is 1.81. The summed E-state index contributed by atoms with van der Waals surface area (Å²) in [5, 5.41) is 2.93. The molecule has 1 unspecified atom stereocenters. The fourth-order valence-electron chi connectivity index (χ4n) is 1.81. The number of rotatable bonds is 6. The monoisotopic (exact) mass is 266 g/mol. The molecule has 0 saturated heterocycles. The van der Waals surface area contributed by atoms with Crippen molar-refractivity contribution in [1.82, 2.24) is 5.32 Å². The smallest absolute Gasteiger partial charge is 0.220 e. The largest absolute Gasteiger partial charge is 0.353 e. The summed E-state index contributed by atoms with van der Waals surface area (Å²) in [6.07, 6.45) is 1.78. The number of carbonyl (C=O) groups excluding carboxylic acids is 1. The van der Waals surface area contributed by atoms with Gasteiger partial charge in [0.15, 0.2) is 0 Å². The van der Waals surface area contributed by atoms with Crippen LogP contribution in [0.25, 0.3) is 0 Å².